The Balaban J connectivity index is 2.18. The van der Waals surface area contributed by atoms with E-state index >= 15 is 0 Å². The van der Waals surface area contributed by atoms with Crippen molar-refractivity contribution in [1.29, 1.82) is 0 Å². The highest BCUT2D eigenvalue weighted by molar-refractivity contribution is 7.09. The highest BCUT2D eigenvalue weighted by atomic mass is 32.1. The van der Waals surface area contributed by atoms with Gasteiger partial charge >= 0.3 is 0 Å². The maximum Gasteiger partial charge on any atom is 0.121 e. The molecule has 0 saturated heterocycles. The second-order valence-electron chi connectivity index (χ2n) is 5.02. The number of nitrogens with one attached hydrogen (secondary N) is 1. The SMILES string of the molecule is CCCNC(Cc1cccs1)c1ccc(OC)c(C)c1. The maximum atomic E-state index is 5.35. The van der Waals surface area contributed by atoms with Crippen LogP contribution in [0.2, 0.25) is 0 Å². The Kier molecular flexibility index (Phi) is 5.62. The lowest BCUT2D eigenvalue weighted by Gasteiger charge is -2.19. The smallest absolute Gasteiger partial charge is 0.121 e. The third-order valence-electron chi connectivity index (χ3n) is 3.45. The standard InChI is InChI=1S/C17H23NOS/c1-4-9-18-16(12-15-6-5-10-20-15)14-7-8-17(19-3)13(2)11-14/h5-8,10-11,16,18H,4,9,12H2,1-3H3. The fraction of sp³-hybridized carbons (Fsp3) is 0.412. The number of aryl methyl sites for hydroxylation is 1. The topological polar surface area (TPSA) is 21.3 Å². The molecule has 0 fully saturated rings. The van der Waals surface area contributed by atoms with Gasteiger partial charge in [-0.2, -0.15) is 0 Å². The van der Waals surface area contributed by atoms with Gasteiger partial charge in [0, 0.05) is 17.3 Å². The minimum absolute atomic E-state index is 0.373. The predicted octanol–water partition coefficient (Wildman–Crippen LogP) is 4.35. The van der Waals surface area contributed by atoms with Gasteiger partial charge in [-0.1, -0.05) is 25.1 Å². The quantitative estimate of drug-likeness (QED) is 0.818. The van der Waals surface area contributed by atoms with Crippen molar-refractivity contribution >= 4 is 11.3 Å². The molecule has 2 nitrogen and oxygen atoms in total. The van der Waals surface area contributed by atoms with Gasteiger partial charge in [0.25, 0.3) is 0 Å². The van der Waals surface area contributed by atoms with Gasteiger partial charge in [0.2, 0.25) is 0 Å². The Morgan fingerprint density at radius 2 is 2.15 bits per heavy atom. The molecule has 1 heterocycles. The van der Waals surface area contributed by atoms with Crippen molar-refractivity contribution in [1.82, 2.24) is 5.32 Å². The predicted molar refractivity (Wildman–Crippen MR) is 86.8 cm³/mol. The lowest BCUT2D eigenvalue weighted by Crippen LogP contribution is -2.23. The van der Waals surface area contributed by atoms with Crippen molar-refractivity contribution in [2.24, 2.45) is 0 Å². The van der Waals surface area contributed by atoms with Crippen LogP contribution in [0.5, 0.6) is 5.75 Å². The van der Waals surface area contributed by atoms with Gasteiger partial charge in [0.15, 0.2) is 0 Å². The van der Waals surface area contributed by atoms with Crippen LogP contribution in [0.1, 0.15) is 35.4 Å². The van der Waals surface area contributed by atoms with Gasteiger partial charge in [-0.15, -0.1) is 11.3 Å². The van der Waals surface area contributed by atoms with Gasteiger partial charge in [0.1, 0.15) is 5.75 Å². The largest absolute Gasteiger partial charge is 0.496 e. The van der Waals surface area contributed by atoms with Gasteiger partial charge < -0.3 is 10.1 Å². The number of hydrogen-bond donors (Lipinski definition) is 1. The molecule has 20 heavy (non-hydrogen) atoms. The van der Waals surface area contributed by atoms with E-state index in [1.165, 1.54) is 16.0 Å². The Hall–Kier alpha value is -1.32. The molecule has 0 aliphatic rings. The molecule has 0 radical (unpaired) electrons. The van der Waals surface area contributed by atoms with Crippen LogP contribution < -0.4 is 10.1 Å². The number of benzene rings is 1. The first-order valence-corrected chi connectivity index (χ1v) is 8.03. The molecule has 0 aliphatic heterocycles. The summed E-state index contributed by atoms with van der Waals surface area (Å²) in [6, 6.07) is 11.2. The third-order valence-corrected chi connectivity index (χ3v) is 4.35. The molecule has 0 spiro atoms. The first-order chi connectivity index (χ1) is 9.74. The van der Waals surface area contributed by atoms with Crippen LogP contribution in [0.15, 0.2) is 35.7 Å². The molecule has 3 heteroatoms. The molecular formula is C17H23NOS. The van der Waals surface area contributed by atoms with Crippen LogP contribution in [0.3, 0.4) is 0 Å². The lowest BCUT2D eigenvalue weighted by atomic mass is 10.00. The Labute approximate surface area is 125 Å². The number of ether oxygens (including phenoxy) is 1. The van der Waals surface area contributed by atoms with E-state index in [-0.39, 0.29) is 0 Å². The second kappa shape index (κ2) is 7.46. The fourth-order valence-electron chi connectivity index (χ4n) is 2.37. The monoisotopic (exact) mass is 289 g/mol. The summed E-state index contributed by atoms with van der Waals surface area (Å²) in [5.41, 5.74) is 2.53. The Morgan fingerprint density at radius 3 is 2.75 bits per heavy atom. The zero-order chi connectivity index (χ0) is 14.4. The first kappa shape index (κ1) is 15.1. The molecule has 1 atom stereocenters. The number of hydrogen-bond acceptors (Lipinski definition) is 3. The molecule has 1 aromatic carbocycles. The molecular weight excluding hydrogens is 266 g/mol. The summed E-state index contributed by atoms with van der Waals surface area (Å²) < 4.78 is 5.35. The van der Waals surface area contributed by atoms with Crippen molar-refractivity contribution in [3.63, 3.8) is 0 Å². The number of thiophene rings is 1. The van der Waals surface area contributed by atoms with E-state index in [9.17, 15) is 0 Å². The minimum Gasteiger partial charge on any atom is -0.496 e. The summed E-state index contributed by atoms with van der Waals surface area (Å²) in [5, 5.41) is 5.80. The van der Waals surface area contributed by atoms with E-state index in [1.807, 2.05) is 11.3 Å². The van der Waals surface area contributed by atoms with Crippen LogP contribution >= 0.6 is 11.3 Å². The van der Waals surface area contributed by atoms with Crippen molar-refractivity contribution in [3.05, 3.63) is 51.7 Å². The summed E-state index contributed by atoms with van der Waals surface area (Å²) in [4.78, 5) is 1.42. The Morgan fingerprint density at radius 1 is 1.30 bits per heavy atom. The van der Waals surface area contributed by atoms with Crippen molar-refractivity contribution in [2.75, 3.05) is 13.7 Å². The van der Waals surface area contributed by atoms with E-state index < -0.39 is 0 Å². The number of methoxy groups -OCH3 is 1. The summed E-state index contributed by atoms with van der Waals surface area (Å²) in [7, 11) is 1.72. The van der Waals surface area contributed by atoms with Crippen LogP contribution in [0.25, 0.3) is 0 Å². The highest BCUT2D eigenvalue weighted by Gasteiger charge is 2.13. The molecule has 0 amide bonds. The normalized spacial score (nSPS) is 12.3. The van der Waals surface area contributed by atoms with E-state index in [2.05, 4.69) is 54.9 Å². The molecule has 1 unspecified atom stereocenters. The van der Waals surface area contributed by atoms with Gasteiger partial charge in [-0.05, 0) is 48.5 Å². The molecule has 2 aromatic rings. The summed E-state index contributed by atoms with van der Waals surface area (Å²) in [5.74, 6) is 0.958. The number of rotatable bonds is 7. The Bertz CT molecular complexity index is 522. The summed E-state index contributed by atoms with van der Waals surface area (Å²) in [6.45, 7) is 5.35. The van der Waals surface area contributed by atoms with Crippen LogP contribution in [0.4, 0.5) is 0 Å². The van der Waals surface area contributed by atoms with E-state index in [0.29, 0.717) is 6.04 Å². The maximum absolute atomic E-state index is 5.35. The minimum atomic E-state index is 0.373. The average Bonchev–Trinajstić information content (AvgIpc) is 2.96. The lowest BCUT2D eigenvalue weighted by molar-refractivity contribution is 0.411. The van der Waals surface area contributed by atoms with Crippen LogP contribution in [-0.4, -0.2) is 13.7 Å². The summed E-state index contributed by atoms with van der Waals surface area (Å²) in [6.07, 6.45) is 2.19. The van der Waals surface area contributed by atoms with E-state index in [4.69, 9.17) is 4.74 Å². The fourth-order valence-corrected chi connectivity index (χ4v) is 3.13. The van der Waals surface area contributed by atoms with E-state index in [0.717, 1.165) is 25.1 Å². The first-order valence-electron chi connectivity index (χ1n) is 7.15. The molecule has 0 aliphatic carbocycles. The molecule has 2 rings (SSSR count). The highest BCUT2D eigenvalue weighted by Crippen LogP contribution is 2.26. The van der Waals surface area contributed by atoms with Crippen molar-refractivity contribution < 1.29 is 4.74 Å². The van der Waals surface area contributed by atoms with Gasteiger partial charge in [-0.25, -0.2) is 0 Å². The average molecular weight is 289 g/mol. The van der Waals surface area contributed by atoms with Crippen LogP contribution in [-0.2, 0) is 6.42 Å². The second-order valence-corrected chi connectivity index (χ2v) is 6.05. The third kappa shape index (κ3) is 3.84. The molecule has 0 saturated carbocycles. The van der Waals surface area contributed by atoms with Gasteiger partial charge in [0.05, 0.1) is 7.11 Å². The van der Waals surface area contributed by atoms with Crippen molar-refractivity contribution in [2.45, 2.75) is 32.7 Å². The summed E-state index contributed by atoms with van der Waals surface area (Å²) >= 11 is 1.83. The van der Waals surface area contributed by atoms with Crippen molar-refractivity contribution in [3.8, 4) is 5.75 Å². The molecule has 1 N–H and O–H groups in total. The molecule has 108 valence electrons. The zero-order valence-electron chi connectivity index (χ0n) is 12.5. The zero-order valence-corrected chi connectivity index (χ0v) is 13.3. The van der Waals surface area contributed by atoms with E-state index in [1.54, 1.807) is 7.11 Å². The molecule has 1 aromatic heterocycles. The van der Waals surface area contributed by atoms with Gasteiger partial charge in [-0.3, -0.25) is 0 Å². The van der Waals surface area contributed by atoms with Crippen LogP contribution in [0, 0.1) is 6.92 Å². The molecule has 0 bridgehead atoms.